The Balaban J connectivity index is 1.86. The van der Waals surface area contributed by atoms with Crippen LogP contribution in [-0.4, -0.2) is 24.7 Å². The van der Waals surface area contributed by atoms with Gasteiger partial charge in [0.05, 0.1) is 10.6 Å². The molecule has 31 heavy (non-hydrogen) atoms. The van der Waals surface area contributed by atoms with Crippen LogP contribution in [0.25, 0.3) is 22.2 Å². The highest BCUT2D eigenvalue weighted by Crippen LogP contribution is 2.39. The number of fused-ring (bicyclic) bond motifs is 1. The summed E-state index contributed by atoms with van der Waals surface area (Å²) in [6, 6.07) is 13.0. The Morgan fingerprint density at radius 2 is 2.00 bits per heavy atom. The maximum Gasteiger partial charge on any atom is 0.302 e. The van der Waals surface area contributed by atoms with Crippen molar-refractivity contribution in [1.82, 2.24) is 4.98 Å². The van der Waals surface area contributed by atoms with Crippen LogP contribution in [0.3, 0.4) is 0 Å². The minimum atomic E-state index is -4.00. The van der Waals surface area contributed by atoms with E-state index in [2.05, 4.69) is 4.98 Å². The molecule has 3 N–H and O–H groups in total. The van der Waals surface area contributed by atoms with Gasteiger partial charge in [0.25, 0.3) is 0 Å². The van der Waals surface area contributed by atoms with Crippen LogP contribution in [0, 0.1) is 0 Å². The Labute approximate surface area is 186 Å². The van der Waals surface area contributed by atoms with Gasteiger partial charge in [0, 0.05) is 34.3 Å². The fourth-order valence-electron chi connectivity index (χ4n) is 4.42. The summed E-state index contributed by atoms with van der Waals surface area (Å²) in [6.07, 6.45) is 3.78. The monoisotopic (exact) mass is 460 g/mol. The summed E-state index contributed by atoms with van der Waals surface area (Å²) in [6.45, 7) is 1.37. The number of hydrogen-bond acceptors (Lipinski definition) is 4. The SMILES string of the molecule is CC(=O)OCc1c(-c2ccc(C3CCCC(Cl)C3)cc2S(N)(=O)=O)[nH]c2ccccc12. The number of nitrogens with two attached hydrogens (primary N) is 1. The van der Waals surface area contributed by atoms with E-state index in [1.54, 1.807) is 12.1 Å². The quantitative estimate of drug-likeness (QED) is 0.421. The Morgan fingerprint density at radius 1 is 1.23 bits per heavy atom. The average Bonchev–Trinajstić information content (AvgIpc) is 3.09. The Morgan fingerprint density at radius 3 is 2.71 bits per heavy atom. The third-order valence-electron chi connectivity index (χ3n) is 5.90. The van der Waals surface area contributed by atoms with Crippen molar-refractivity contribution in [2.75, 3.05) is 0 Å². The lowest BCUT2D eigenvalue weighted by Gasteiger charge is -2.26. The third-order valence-corrected chi connectivity index (χ3v) is 7.24. The van der Waals surface area contributed by atoms with Crippen LogP contribution < -0.4 is 5.14 Å². The summed E-state index contributed by atoms with van der Waals surface area (Å²) in [5.74, 6) is -0.208. The number of aromatic amines is 1. The van der Waals surface area contributed by atoms with Crippen molar-refractivity contribution in [3.8, 4) is 11.3 Å². The minimum Gasteiger partial charge on any atom is -0.461 e. The van der Waals surface area contributed by atoms with Gasteiger partial charge in [-0.2, -0.15) is 0 Å². The maximum atomic E-state index is 12.6. The molecule has 1 aliphatic rings. The van der Waals surface area contributed by atoms with Gasteiger partial charge in [-0.05, 0) is 42.9 Å². The lowest BCUT2D eigenvalue weighted by molar-refractivity contribution is -0.142. The molecule has 0 amide bonds. The number of ether oxygens (including phenoxy) is 1. The Bertz CT molecular complexity index is 1240. The zero-order valence-corrected chi connectivity index (χ0v) is 18.8. The molecule has 164 valence electrons. The van der Waals surface area contributed by atoms with Gasteiger partial charge in [0.15, 0.2) is 0 Å². The van der Waals surface area contributed by atoms with E-state index < -0.39 is 16.0 Å². The third kappa shape index (κ3) is 4.63. The van der Waals surface area contributed by atoms with Gasteiger partial charge in [0.2, 0.25) is 10.0 Å². The predicted molar refractivity (Wildman–Crippen MR) is 121 cm³/mol. The molecule has 3 aromatic rings. The van der Waals surface area contributed by atoms with Crippen LogP contribution in [0.4, 0.5) is 0 Å². The van der Waals surface area contributed by atoms with Crippen LogP contribution in [0.2, 0.25) is 0 Å². The number of rotatable bonds is 5. The zero-order chi connectivity index (χ0) is 22.2. The second-order valence-corrected chi connectivity index (χ2v) is 10.2. The first-order valence-corrected chi connectivity index (χ1v) is 12.3. The highest BCUT2D eigenvalue weighted by molar-refractivity contribution is 7.89. The van der Waals surface area contributed by atoms with E-state index >= 15 is 0 Å². The standard InChI is InChI=1S/C23H25ClN2O4S/c1-14(27)30-13-20-18-7-2-3-8-21(18)26-23(20)19-10-9-16(12-22(19)31(25,28)29)15-5-4-6-17(24)11-15/h2-3,7-10,12,15,17,26H,4-6,11,13H2,1H3,(H2,25,28,29). The molecule has 1 fully saturated rings. The molecule has 2 unspecified atom stereocenters. The van der Waals surface area contributed by atoms with Crippen LogP contribution in [-0.2, 0) is 26.2 Å². The highest BCUT2D eigenvalue weighted by Gasteiger charge is 2.26. The van der Waals surface area contributed by atoms with Gasteiger partial charge in [-0.25, -0.2) is 13.6 Å². The number of primary sulfonamides is 1. The molecule has 0 saturated heterocycles. The van der Waals surface area contributed by atoms with Crippen molar-refractivity contribution >= 4 is 38.5 Å². The van der Waals surface area contributed by atoms with E-state index in [0.717, 1.165) is 42.1 Å². The molecule has 0 aliphatic heterocycles. The van der Waals surface area contributed by atoms with Crippen molar-refractivity contribution < 1.29 is 17.9 Å². The number of H-pyrrole nitrogens is 1. The zero-order valence-electron chi connectivity index (χ0n) is 17.2. The number of nitrogens with one attached hydrogen (secondary N) is 1. The molecule has 1 aromatic heterocycles. The number of esters is 1. The van der Waals surface area contributed by atoms with Crippen LogP contribution >= 0.6 is 11.6 Å². The van der Waals surface area contributed by atoms with Crippen LogP contribution in [0.5, 0.6) is 0 Å². The van der Waals surface area contributed by atoms with Gasteiger partial charge in [-0.15, -0.1) is 11.6 Å². The molecule has 6 nitrogen and oxygen atoms in total. The van der Waals surface area contributed by atoms with Crippen molar-refractivity contribution in [2.45, 2.75) is 55.4 Å². The number of alkyl halides is 1. The van der Waals surface area contributed by atoms with Crippen molar-refractivity contribution in [3.05, 3.63) is 53.6 Å². The molecule has 2 aromatic carbocycles. The second kappa shape index (κ2) is 8.65. The average molecular weight is 461 g/mol. The van der Waals surface area contributed by atoms with Gasteiger partial charge < -0.3 is 9.72 Å². The van der Waals surface area contributed by atoms with Gasteiger partial charge >= 0.3 is 5.97 Å². The van der Waals surface area contributed by atoms with Crippen molar-refractivity contribution in [1.29, 1.82) is 0 Å². The second-order valence-electron chi connectivity index (χ2n) is 8.07. The lowest BCUT2D eigenvalue weighted by Crippen LogP contribution is -2.17. The minimum absolute atomic E-state index is 0.0248. The van der Waals surface area contributed by atoms with Crippen LogP contribution in [0.1, 0.15) is 49.7 Å². The largest absolute Gasteiger partial charge is 0.461 e. The topological polar surface area (TPSA) is 102 Å². The maximum absolute atomic E-state index is 12.6. The highest BCUT2D eigenvalue weighted by atomic mass is 35.5. The normalized spacial score (nSPS) is 19.5. The summed E-state index contributed by atoms with van der Waals surface area (Å²) in [5, 5.41) is 6.59. The fraction of sp³-hybridized carbons (Fsp3) is 0.348. The molecule has 2 atom stereocenters. The van der Waals surface area contributed by atoms with E-state index in [1.165, 1.54) is 6.92 Å². The Kier molecular flexibility index (Phi) is 6.10. The summed E-state index contributed by atoms with van der Waals surface area (Å²) >= 11 is 6.35. The molecular weight excluding hydrogens is 436 g/mol. The van der Waals surface area contributed by atoms with Gasteiger partial charge in [0.1, 0.15) is 6.61 Å². The lowest BCUT2D eigenvalue weighted by atomic mass is 9.83. The first-order valence-electron chi connectivity index (χ1n) is 10.3. The van der Waals surface area contributed by atoms with E-state index in [0.29, 0.717) is 16.8 Å². The number of sulfonamides is 1. The molecule has 0 radical (unpaired) electrons. The first-order chi connectivity index (χ1) is 14.7. The molecule has 1 aliphatic carbocycles. The van der Waals surface area contributed by atoms with E-state index in [4.69, 9.17) is 21.5 Å². The smallest absolute Gasteiger partial charge is 0.302 e. The van der Waals surface area contributed by atoms with Crippen molar-refractivity contribution in [2.24, 2.45) is 5.14 Å². The number of halogens is 1. The fourth-order valence-corrected chi connectivity index (χ4v) is 5.57. The molecular formula is C23H25ClN2O4S. The van der Waals surface area contributed by atoms with E-state index in [9.17, 15) is 13.2 Å². The summed E-state index contributed by atoms with van der Waals surface area (Å²) in [5.41, 5.74) is 3.50. The van der Waals surface area contributed by atoms with E-state index in [1.807, 2.05) is 30.3 Å². The van der Waals surface area contributed by atoms with Crippen molar-refractivity contribution in [3.63, 3.8) is 0 Å². The molecule has 8 heteroatoms. The van der Waals surface area contributed by atoms with Gasteiger partial charge in [-0.1, -0.05) is 36.8 Å². The number of benzene rings is 2. The molecule has 0 spiro atoms. The number of hydrogen-bond donors (Lipinski definition) is 2. The molecule has 1 heterocycles. The molecule has 4 rings (SSSR count). The molecule has 1 saturated carbocycles. The number of carbonyl (C=O) groups excluding carboxylic acids is 1. The predicted octanol–water partition coefficient (Wildman–Crippen LogP) is 4.81. The van der Waals surface area contributed by atoms with E-state index in [-0.39, 0.29) is 22.8 Å². The number of aromatic nitrogens is 1. The number of para-hydroxylation sites is 1. The first kappa shape index (κ1) is 21.9. The molecule has 0 bridgehead atoms. The Hall–Kier alpha value is -2.35. The summed E-state index contributed by atoms with van der Waals surface area (Å²) in [4.78, 5) is 14.8. The summed E-state index contributed by atoms with van der Waals surface area (Å²) in [7, 11) is -4.00. The summed E-state index contributed by atoms with van der Waals surface area (Å²) < 4.78 is 30.4. The number of carbonyl (C=O) groups is 1. The van der Waals surface area contributed by atoms with Crippen LogP contribution in [0.15, 0.2) is 47.4 Å². The van der Waals surface area contributed by atoms with Gasteiger partial charge in [-0.3, -0.25) is 4.79 Å².